The summed E-state index contributed by atoms with van der Waals surface area (Å²) < 4.78 is 44.3. The fraction of sp³-hybridized carbons (Fsp3) is 0.375. The molecule has 3 aromatic rings. The predicted molar refractivity (Wildman–Crippen MR) is 125 cm³/mol. The molecule has 1 saturated heterocycles. The van der Waals surface area contributed by atoms with Crippen LogP contribution in [0.1, 0.15) is 25.0 Å². The van der Waals surface area contributed by atoms with Crippen molar-refractivity contribution in [3.05, 3.63) is 53.8 Å². The molecular formula is C24H28N2O6S. The molecule has 1 aliphatic heterocycles. The zero-order chi connectivity index (χ0) is 23.4. The molecule has 0 unspecified atom stereocenters. The highest BCUT2D eigenvalue weighted by Crippen LogP contribution is 2.31. The van der Waals surface area contributed by atoms with Gasteiger partial charge in [0.2, 0.25) is 15.9 Å². The van der Waals surface area contributed by atoms with Crippen LogP contribution in [0.15, 0.2) is 52.0 Å². The molecular weight excluding hydrogens is 444 g/mol. The minimum absolute atomic E-state index is 0.0323. The number of carbonyl (C=O) groups excluding carboxylic acids is 1. The first kappa shape index (κ1) is 23.3. The van der Waals surface area contributed by atoms with Gasteiger partial charge in [-0.05, 0) is 43.2 Å². The van der Waals surface area contributed by atoms with E-state index in [2.05, 4.69) is 12.2 Å². The maximum absolute atomic E-state index is 13.2. The number of sulfonamides is 1. The number of hydrogen-bond donors (Lipinski definition) is 1. The molecule has 0 saturated carbocycles. The highest BCUT2D eigenvalue weighted by atomic mass is 32.2. The summed E-state index contributed by atoms with van der Waals surface area (Å²) in [6.45, 7) is 5.43. The van der Waals surface area contributed by atoms with E-state index in [1.165, 1.54) is 10.4 Å². The van der Waals surface area contributed by atoms with Crippen LogP contribution in [0, 0.1) is 0 Å². The van der Waals surface area contributed by atoms with Gasteiger partial charge < -0.3 is 19.2 Å². The zero-order valence-electron chi connectivity index (χ0n) is 18.8. The van der Waals surface area contributed by atoms with Crippen LogP contribution in [0.25, 0.3) is 11.0 Å². The molecule has 176 valence electrons. The molecule has 33 heavy (non-hydrogen) atoms. The summed E-state index contributed by atoms with van der Waals surface area (Å²) in [6.07, 6.45) is 2.60. The Kier molecular flexibility index (Phi) is 7.02. The molecule has 1 amide bonds. The van der Waals surface area contributed by atoms with Crippen LogP contribution in [0.2, 0.25) is 0 Å². The molecule has 1 aliphatic rings. The molecule has 1 fully saturated rings. The molecule has 0 aliphatic carbocycles. The summed E-state index contributed by atoms with van der Waals surface area (Å²) in [6, 6.07) is 10.6. The predicted octanol–water partition coefficient (Wildman–Crippen LogP) is 3.60. The maximum atomic E-state index is 13.2. The Labute approximate surface area is 193 Å². The summed E-state index contributed by atoms with van der Waals surface area (Å²) in [7, 11) is -3.80. The third-order valence-corrected chi connectivity index (χ3v) is 7.51. The summed E-state index contributed by atoms with van der Waals surface area (Å²) in [4.78, 5) is 12.8. The third kappa shape index (κ3) is 5.05. The van der Waals surface area contributed by atoms with Crippen molar-refractivity contribution in [1.29, 1.82) is 0 Å². The lowest BCUT2D eigenvalue weighted by molar-refractivity contribution is -0.115. The van der Waals surface area contributed by atoms with Gasteiger partial charge in [-0.2, -0.15) is 4.31 Å². The van der Waals surface area contributed by atoms with E-state index in [9.17, 15) is 13.2 Å². The number of amides is 1. The average Bonchev–Trinajstić information content (AvgIpc) is 3.22. The molecule has 4 rings (SSSR count). The van der Waals surface area contributed by atoms with E-state index in [1.54, 1.807) is 25.3 Å². The highest BCUT2D eigenvalue weighted by molar-refractivity contribution is 7.89. The van der Waals surface area contributed by atoms with Crippen molar-refractivity contribution in [3.63, 3.8) is 0 Å². The van der Waals surface area contributed by atoms with E-state index in [0.29, 0.717) is 25.5 Å². The molecule has 2 heterocycles. The number of benzene rings is 2. The van der Waals surface area contributed by atoms with Crippen LogP contribution < -0.4 is 10.1 Å². The number of hydrogen-bond acceptors (Lipinski definition) is 6. The van der Waals surface area contributed by atoms with E-state index in [0.717, 1.165) is 28.5 Å². The number of morpholine rings is 1. The summed E-state index contributed by atoms with van der Waals surface area (Å²) in [5.74, 6) is -0.00861. The fourth-order valence-electron chi connectivity index (χ4n) is 3.85. The molecule has 9 heteroatoms. The zero-order valence-corrected chi connectivity index (χ0v) is 19.6. The van der Waals surface area contributed by atoms with Crippen LogP contribution in [0.5, 0.6) is 5.75 Å². The lowest BCUT2D eigenvalue weighted by Crippen LogP contribution is -2.40. The minimum Gasteiger partial charge on any atom is -0.492 e. The number of furan rings is 1. The lowest BCUT2D eigenvalue weighted by atomic mass is 10.1. The number of rotatable bonds is 8. The number of fused-ring (bicyclic) bond motifs is 1. The van der Waals surface area contributed by atoms with Crippen molar-refractivity contribution >= 4 is 32.6 Å². The second-order valence-electron chi connectivity index (χ2n) is 7.78. The molecule has 1 aromatic heterocycles. The van der Waals surface area contributed by atoms with Gasteiger partial charge in [0, 0.05) is 29.7 Å². The number of carbonyl (C=O) groups is 1. The van der Waals surface area contributed by atoms with Crippen molar-refractivity contribution in [1.82, 2.24) is 4.31 Å². The van der Waals surface area contributed by atoms with E-state index < -0.39 is 10.0 Å². The Morgan fingerprint density at radius 3 is 2.64 bits per heavy atom. The van der Waals surface area contributed by atoms with Crippen LogP contribution in [0.3, 0.4) is 0 Å². The van der Waals surface area contributed by atoms with Gasteiger partial charge in [0.15, 0.2) is 0 Å². The number of nitrogens with one attached hydrogen (secondary N) is 1. The lowest BCUT2D eigenvalue weighted by Gasteiger charge is -2.27. The Balaban J connectivity index is 1.55. The largest absolute Gasteiger partial charge is 0.492 e. The molecule has 0 bridgehead atoms. The normalized spacial score (nSPS) is 15.0. The Bertz CT molecular complexity index is 1250. The standard InChI is InChI=1S/C24H28N2O6S/c1-3-17-5-7-20-18(16-32-22(20)13-17)14-24(27)25-19-6-8-21(31-4-2)23(15-19)33(28,29)26-9-11-30-12-10-26/h5-8,13,15-16H,3-4,9-12,14H2,1-2H3,(H,25,27). The smallest absolute Gasteiger partial charge is 0.246 e. The van der Waals surface area contributed by atoms with Gasteiger partial charge in [-0.3, -0.25) is 4.79 Å². The van der Waals surface area contributed by atoms with Crippen LogP contribution >= 0.6 is 0 Å². The fourth-order valence-corrected chi connectivity index (χ4v) is 5.42. The quantitative estimate of drug-likeness (QED) is 0.538. The summed E-state index contributed by atoms with van der Waals surface area (Å²) in [5, 5.41) is 3.70. The second kappa shape index (κ2) is 9.94. The first-order valence-corrected chi connectivity index (χ1v) is 12.5. The first-order chi connectivity index (χ1) is 15.9. The van der Waals surface area contributed by atoms with Crippen molar-refractivity contribution in [2.24, 2.45) is 0 Å². The van der Waals surface area contributed by atoms with Gasteiger partial charge in [-0.1, -0.05) is 19.1 Å². The van der Waals surface area contributed by atoms with Gasteiger partial charge in [-0.25, -0.2) is 8.42 Å². The van der Waals surface area contributed by atoms with Crippen molar-refractivity contribution in [2.45, 2.75) is 31.6 Å². The second-order valence-corrected chi connectivity index (χ2v) is 9.69. The minimum atomic E-state index is -3.80. The Hall–Kier alpha value is -2.88. The van der Waals surface area contributed by atoms with Gasteiger partial charge in [0.25, 0.3) is 0 Å². The van der Waals surface area contributed by atoms with Crippen LogP contribution in [-0.4, -0.2) is 51.5 Å². The number of nitrogens with zero attached hydrogens (tertiary/aromatic N) is 1. The van der Waals surface area contributed by atoms with E-state index in [-0.39, 0.29) is 36.1 Å². The van der Waals surface area contributed by atoms with Crippen molar-refractivity contribution in [2.75, 3.05) is 38.2 Å². The summed E-state index contributed by atoms with van der Waals surface area (Å²) in [5.41, 5.74) is 3.07. The van der Waals surface area contributed by atoms with Crippen molar-refractivity contribution in [3.8, 4) is 5.75 Å². The molecule has 0 radical (unpaired) electrons. The van der Waals surface area contributed by atoms with Gasteiger partial charge >= 0.3 is 0 Å². The monoisotopic (exact) mass is 472 g/mol. The highest BCUT2D eigenvalue weighted by Gasteiger charge is 2.30. The molecule has 1 N–H and O–H groups in total. The van der Waals surface area contributed by atoms with Crippen molar-refractivity contribution < 1.29 is 27.1 Å². The first-order valence-electron chi connectivity index (χ1n) is 11.1. The van der Waals surface area contributed by atoms with Crippen LogP contribution in [-0.2, 0) is 32.4 Å². The number of aryl methyl sites for hydroxylation is 1. The van der Waals surface area contributed by atoms with E-state index >= 15 is 0 Å². The van der Waals surface area contributed by atoms with E-state index in [4.69, 9.17) is 13.9 Å². The van der Waals surface area contributed by atoms with E-state index in [1.807, 2.05) is 18.2 Å². The topological polar surface area (TPSA) is 98.1 Å². The molecule has 8 nitrogen and oxygen atoms in total. The summed E-state index contributed by atoms with van der Waals surface area (Å²) >= 11 is 0. The van der Waals surface area contributed by atoms with Gasteiger partial charge in [-0.15, -0.1) is 0 Å². The molecule has 0 spiro atoms. The van der Waals surface area contributed by atoms with Gasteiger partial charge in [0.1, 0.15) is 16.2 Å². The van der Waals surface area contributed by atoms with Crippen LogP contribution in [0.4, 0.5) is 5.69 Å². The van der Waals surface area contributed by atoms with Gasteiger partial charge in [0.05, 0.1) is 32.5 Å². The average molecular weight is 473 g/mol. The Morgan fingerprint density at radius 1 is 1.12 bits per heavy atom. The molecule has 2 aromatic carbocycles. The number of anilines is 1. The molecule has 0 atom stereocenters. The maximum Gasteiger partial charge on any atom is 0.246 e. The SMILES string of the molecule is CCOc1ccc(NC(=O)Cc2coc3cc(CC)ccc23)cc1S(=O)(=O)N1CCOCC1. The number of ether oxygens (including phenoxy) is 2. The Morgan fingerprint density at radius 2 is 1.91 bits per heavy atom. The third-order valence-electron chi connectivity index (χ3n) is 5.59.